The van der Waals surface area contributed by atoms with Gasteiger partial charge in [0.25, 0.3) is 0 Å². The van der Waals surface area contributed by atoms with Crippen molar-refractivity contribution in [3.63, 3.8) is 0 Å². The molecule has 6 nitrogen and oxygen atoms in total. The van der Waals surface area contributed by atoms with Gasteiger partial charge >= 0.3 is 0 Å². The van der Waals surface area contributed by atoms with Crippen LogP contribution in [0.25, 0.3) is 17.0 Å². The average Bonchev–Trinajstić information content (AvgIpc) is 3.35. The lowest BCUT2D eigenvalue weighted by Gasteiger charge is -2.15. The largest absolute Gasteiger partial charge is 0.493 e. The van der Waals surface area contributed by atoms with Gasteiger partial charge in [-0.15, -0.1) is 0 Å². The molecule has 0 bridgehead atoms. The van der Waals surface area contributed by atoms with Crippen LogP contribution in [0.3, 0.4) is 0 Å². The molecule has 2 aliphatic rings. The first kappa shape index (κ1) is 17.4. The highest BCUT2D eigenvalue weighted by Gasteiger charge is 2.29. The highest BCUT2D eigenvalue weighted by Crippen LogP contribution is 2.45. The second-order valence-corrected chi connectivity index (χ2v) is 7.51. The van der Waals surface area contributed by atoms with Gasteiger partial charge in [-0.3, -0.25) is 4.40 Å². The van der Waals surface area contributed by atoms with E-state index in [1.165, 1.54) is 18.4 Å². The quantitative estimate of drug-likeness (QED) is 0.685. The van der Waals surface area contributed by atoms with Gasteiger partial charge in [0, 0.05) is 30.9 Å². The predicted molar refractivity (Wildman–Crippen MR) is 107 cm³/mol. The molecule has 0 radical (unpaired) electrons. The third-order valence-electron chi connectivity index (χ3n) is 5.44. The van der Waals surface area contributed by atoms with Gasteiger partial charge in [-0.2, -0.15) is 0 Å². The lowest BCUT2D eigenvalue weighted by molar-refractivity contribution is 0.336. The molecule has 0 aromatic carbocycles. The molecule has 2 atom stereocenters. The number of hydrogen-bond donors (Lipinski definition) is 2. The molecule has 1 saturated heterocycles. The van der Waals surface area contributed by atoms with Gasteiger partial charge in [0.05, 0.1) is 30.2 Å². The van der Waals surface area contributed by atoms with Gasteiger partial charge in [0.2, 0.25) is 0 Å². The Morgan fingerprint density at radius 3 is 2.96 bits per heavy atom. The Labute approximate surface area is 163 Å². The minimum absolute atomic E-state index is 0.250. The van der Waals surface area contributed by atoms with Crippen molar-refractivity contribution in [3.05, 3.63) is 42.2 Å². The standard InChI is InChI=1S/C21H24FN5O/c1-2-28-19-8-21-24-11-18(27(21)12-14(19)13-6-7-13)16-4-3-5-20(25-16)26-17-10-23-9-15(17)22/h3-5,8,11-13,15,17,23H,2,6-7,9-10H2,1H3,(H,25,26)/t15-,17-/m0/s1. The van der Waals surface area contributed by atoms with Gasteiger partial charge in [-0.05, 0) is 37.8 Å². The number of anilines is 1. The van der Waals surface area contributed by atoms with E-state index in [2.05, 4.69) is 26.2 Å². The molecule has 3 aromatic heterocycles. The van der Waals surface area contributed by atoms with Crippen LogP contribution in [0.1, 0.15) is 31.2 Å². The number of halogens is 1. The van der Waals surface area contributed by atoms with Crippen molar-refractivity contribution < 1.29 is 9.13 Å². The van der Waals surface area contributed by atoms with Crippen molar-refractivity contribution in [2.75, 3.05) is 25.0 Å². The second kappa shape index (κ2) is 7.05. The van der Waals surface area contributed by atoms with Crippen molar-refractivity contribution in [2.45, 2.75) is 37.9 Å². The third-order valence-corrected chi connectivity index (χ3v) is 5.44. The van der Waals surface area contributed by atoms with Crippen LogP contribution in [0.4, 0.5) is 10.2 Å². The van der Waals surface area contributed by atoms with E-state index in [9.17, 15) is 4.39 Å². The Morgan fingerprint density at radius 1 is 1.32 bits per heavy atom. The maximum Gasteiger partial charge on any atom is 0.140 e. The first-order chi connectivity index (χ1) is 13.7. The molecule has 0 spiro atoms. The van der Waals surface area contributed by atoms with Gasteiger partial charge < -0.3 is 15.4 Å². The second-order valence-electron chi connectivity index (χ2n) is 7.51. The lowest BCUT2D eigenvalue weighted by atomic mass is 10.1. The van der Waals surface area contributed by atoms with Crippen LogP contribution in [0.2, 0.25) is 0 Å². The minimum atomic E-state index is -0.903. The van der Waals surface area contributed by atoms with Crippen molar-refractivity contribution in [2.24, 2.45) is 0 Å². The normalized spacial score (nSPS) is 21.9. The Morgan fingerprint density at radius 2 is 2.21 bits per heavy atom. The van der Waals surface area contributed by atoms with Crippen molar-refractivity contribution >= 4 is 11.5 Å². The minimum Gasteiger partial charge on any atom is -0.493 e. The molecule has 0 amide bonds. The van der Waals surface area contributed by atoms with E-state index in [0.29, 0.717) is 31.4 Å². The molecule has 1 saturated carbocycles. The summed E-state index contributed by atoms with van der Waals surface area (Å²) in [6.45, 7) is 3.64. The summed E-state index contributed by atoms with van der Waals surface area (Å²) in [5.74, 6) is 2.18. The molecule has 28 heavy (non-hydrogen) atoms. The lowest BCUT2D eigenvalue weighted by Crippen LogP contribution is -2.29. The van der Waals surface area contributed by atoms with Crippen LogP contribution in [0.5, 0.6) is 5.75 Å². The van der Waals surface area contributed by atoms with Gasteiger partial charge in [-0.1, -0.05) is 6.07 Å². The van der Waals surface area contributed by atoms with Crippen molar-refractivity contribution in [1.29, 1.82) is 0 Å². The number of pyridine rings is 2. The molecule has 2 fully saturated rings. The van der Waals surface area contributed by atoms with Crippen molar-refractivity contribution in [3.8, 4) is 17.1 Å². The maximum absolute atomic E-state index is 13.9. The summed E-state index contributed by atoms with van der Waals surface area (Å²) in [5, 5.41) is 6.26. The number of alkyl halides is 1. The van der Waals surface area contributed by atoms with E-state index in [1.807, 2.05) is 37.4 Å². The Balaban J connectivity index is 1.50. The van der Waals surface area contributed by atoms with E-state index >= 15 is 0 Å². The summed E-state index contributed by atoms with van der Waals surface area (Å²) < 4.78 is 21.8. The summed E-state index contributed by atoms with van der Waals surface area (Å²) in [5.41, 5.74) is 3.81. The third kappa shape index (κ3) is 3.20. The topological polar surface area (TPSA) is 63.5 Å². The highest BCUT2D eigenvalue weighted by molar-refractivity contribution is 5.64. The van der Waals surface area contributed by atoms with Crippen LogP contribution < -0.4 is 15.4 Å². The number of nitrogens with zero attached hydrogens (tertiary/aromatic N) is 3. The number of hydrogen-bond acceptors (Lipinski definition) is 5. The van der Waals surface area contributed by atoms with Gasteiger partial charge in [-0.25, -0.2) is 14.4 Å². The van der Waals surface area contributed by atoms with Crippen LogP contribution in [-0.4, -0.2) is 46.3 Å². The smallest absolute Gasteiger partial charge is 0.140 e. The molecule has 2 N–H and O–H groups in total. The molecule has 1 aliphatic carbocycles. The van der Waals surface area contributed by atoms with E-state index in [0.717, 1.165) is 22.8 Å². The zero-order valence-corrected chi connectivity index (χ0v) is 15.9. The predicted octanol–water partition coefficient (Wildman–Crippen LogP) is 3.39. The first-order valence-electron chi connectivity index (χ1n) is 9.95. The number of aromatic nitrogens is 3. The summed E-state index contributed by atoms with van der Waals surface area (Å²) in [6, 6.07) is 7.54. The number of ether oxygens (including phenoxy) is 1. The molecule has 7 heteroatoms. The molecule has 4 heterocycles. The average molecular weight is 381 g/mol. The van der Waals surface area contributed by atoms with Crippen LogP contribution in [0, 0.1) is 0 Å². The fourth-order valence-corrected chi connectivity index (χ4v) is 3.83. The Bertz CT molecular complexity index is 1000. The molecular formula is C21H24FN5O. The Kier molecular flexibility index (Phi) is 4.39. The van der Waals surface area contributed by atoms with Crippen LogP contribution in [0.15, 0.2) is 36.7 Å². The Hall–Kier alpha value is -2.67. The highest BCUT2D eigenvalue weighted by atomic mass is 19.1. The summed E-state index contributed by atoms with van der Waals surface area (Å²) in [6.07, 6.45) is 5.48. The number of imidazole rings is 1. The SMILES string of the molecule is CCOc1cc2ncc(-c3cccc(N[C@H]4CNC[C@@H]4F)n3)n2cc1C1CC1. The van der Waals surface area contributed by atoms with E-state index in [4.69, 9.17) is 9.72 Å². The molecule has 1 aliphatic heterocycles. The first-order valence-corrected chi connectivity index (χ1v) is 9.95. The van der Waals surface area contributed by atoms with E-state index in [1.54, 1.807) is 0 Å². The van der Waals surface area contributed by atoms with E-state index < -0.39 is 6.17 Å². The summed E-state index contributed by atoms with van der Waals surface area (Å²) in [7, 11) is 0. The summed E-state index contributed by atoms with van der Waals surface area (Å²) >= 11 is 0. The fraction of sp³-hybridized carbons (Fsp3) is 0.429. The molecular weight excluding hydrogens is 357 g/mol. The number of nitrogens with one attached hydrogen (secondary N) is 2. The summed E-state index contributed by atoms with van der Waals surface area (Å²) in [4.78, 5) is 9.27. The molecule has 5 rings (SSSR count). The van der Waals surface area contributed by atoms with E-state index in [-0.39, 0.29) is 6.04 Å². The van der Waals surface area contributed by atoms with Gasteiger partial charge in [0.1, 0.15) is 23.4 Å². The molecule has 146 valence electrons. The molecule has 3 aromatic rings. The van der Waals surface area contributed by atoms with Crippen molar-refractivity contribution in [1.82, 2.24) is 19.7 Å². The van der Waals surface area contributed by atoms with Crippen LogP contribution >= 0.6 is 0 Å². The zero-order chi connectivity index (χ0) is 19.1. The monoisotopic (exact) mass is 381 g/mol. The molecule has 0 unspecified atom stereocenters. The number of fused-ring (bicyclic) bond motifs is 1. The number of rotatable bonds is 6. The zero-order valence-electron chi connectivity index (χ0n) is 15.9. The fourth-order valence-electron chi connectivity index (χ4n) is 3.83. The maximum atomic E-state index is 13.9. The van der Waals surface area contributed by atoms with Gasteiger partial charge in [0.15, 0.2) is 0 Å². The van der Waals surface area contributed by atoms with Crippen LogP contribution in [-0.2, 0) is 0 Å².